The number of rotatable bonds is 2. The van der Waals surface area contributed by atoms with E-state index in [2.05, 4.69) is 29.9 Å². The highest BCUT2D eigenvalue weighted by Gasteiger charge is 2.04. The lowest BCUT2D eigenvalue weighted by Gasteiger charge is -1.99. The van der Waals surface area contributed by atoms with E-state index >= 15 is 0 Å². The second-order valence-corrected chi connectivity index (χ2v) is 3.48. The van der Waals surface area contributed by atoms with Crippen LogP contribution in [0.15, 0.2) is 30.9 Å². The summed E-state index contributed by atoms with van der Waals surface area (Å²) < 4.78 is 1.92. The van der Waals surface area contributed by atoms with Crippen molar-refractivity contribution in [3.63, 3.8) is 0 Å². The van der Waals surface area contributed by atoms with Gasteiger partial charge in [0.2, 0.25) is 0 Å². The molecule has 14 heavy (non-hydrogen) atoms. The maximum atomic E-state index is 4.30. The van der Waals surface area contributed by atoms with E-state index in [1.807, 2.05) is 22.9 Å². The molecule has 0 aliphatic heterocycles. The topological polar surface area (TPSA) is 30.7 Å². The quantitative estimate of drug-likeness (QED) is 0.719. The molecule has 0 aromatic carbocycles. The molecule has 0 saturated heterocycles. The lowest BCUT2D eigenvalue weighted by molar-refractivity contribution is 0.831. The summed E-state index contributed by atoms with van der Waals surface area (Å²) in [6.45, 7) is 4.25. The standard InChI is InChI=1S/C11H12N3/c1-9(2)10-7-14(8-13-10)11-5-3-4-6-12-11/h3,5-9H,1-2H3. The van der Waals surface area contributed by atoms with Crippen molar-refractivity contribution in [2.24, 2.45) is 0 Å². The molecule has 0 unspecified atom stereocenters. The van der Waals surface area contributed by atoms with Gasteiger partial charge < -0.3 is 0 Å². The molecule has 2 aromatic rings. The first-order valence-electron chi connectivity index (χ1n) is 4.64. The molecule has 0 aliphatic rings. The molecule has 2 aromatic heterocycles. The zero-order chi connectivity index (χ0) is 9.97. The van der Waals surface area contributed by atoms with E-state index in [1.54, 1.807) is 12.5 Å². The second-order valence-electron chi connectivity index (χ2n) is 3.48. The summed E-state index contributed by atoms with van der Waals surface area (Å²) in [7, 11) is 0. The van der Waals surface area contributed by atoms with Crippen LogP contribution in [0.3, 0.4) is 0 Å². The zero-order valence-electron chi connectivity index (χ0n) is 8.31. The molecule has 2 heterocycles. The molecule has 0 fully saturated rings. The number of aromatic nitrogens is 3. The van der Waals surface area contributed by atoms with Crippen molar-refractivity contribution in [2.75, 3.05) is 0 Å². The molecule has 3 nitrogen and oxygen atoms in total. The molecule has 0 atom stereocenters. The number of imidazole rings is 1. The average molecular weight is 186 g/mol. The summed E-state index contributed by atoms with van der Waals surface area (Å²) in [5.41, 5.74) is 1.08. The van der Waals surface area contributed by atoms with Crippen LogP contribution in [-0.2, 0) is 0 Å². The number of hydrogen-bond donors (Lipinski definition) is 0. The molecular weight excluding hydrogens is 174 g/mol. The van der Waals surface area contributed by atoms with E-state index < -0.39 is 0 Å². The highest BCUT2D eigenvalue weighted by atomic mass is 15.1. The molecule has 0 N–H and O–H groups in total. The number of nitrogens with zero attached hydrogens (tertiary/aromatic N) is 3. The normalized spacial score (nSPS) is 10.8. The number of pyridine rings is 1. The molecule has 0 aliphatic carbocycles. The minimum Gasteiger partial charge on any atom is -0.290 e. The smallest absolute Gasteiger partial charge is 0.137 e. The SMILES string of the molecule is CC(C)c1cn(-c2cc[c]cn2)cn1. The van der Waals surface area contributed by atoms with Gasteiger partial charge in [-0.1, -0.05) is 13.8 Å². The van der Waals surface area contributed by atoms with Gasteiger partial charge in [0, 0.05) is 18.5 Å². The van der Waals surface area contributed by atoms with Crippen molar-refractivity contribution < 1.29 is 0 Å². The third kappa shape index (κ3) is 1.66. The first-order valence-corrected chi connectivity index (χ1v) is 4.64. The van der Waals surface area contributed by atoms with Crippen molar-refractivity contribution in [2.45, 2.75) is 19.8 Å². The van der Waals surface area contributed by atoms with Gasteiger partial charge in [0.1, 0.15) is 12.1 Å². The van der Waals surface area contributed by atoms with Crippen LogP contribution in [-0.4, -0.2) is 14.5 Å². The molecule has 1 radical (unpaired) electrons. The fraction of sp³-hybridized carbons (Fsp3) is 0.273. The Morgan fingerprint density at radius 1 is 1.36 bits per heavy atom. The van der Waals surface area contributed by atoms with Crippen LogP contribution in [0.4, 0.5) is 0 Å². The lowest BCUT2D eigenvalue weighted by Crippen LogP contribution is -1.92. The van der Waals surface area contributed by atoms with E-state index in [9.17, 15) is 0 Å². The number of hydrogen-bond acceptors (Lipinski definition) is 2. The Morgan fingerprint density at radius 2 is 2.21 bits per heavy atom. The molecular formula is C11H12N3. The average Bonchev–Trinajstić information content (AvgIpc) is 2.68. The predicted molar refractivity (Wildman–Crippen MR) is 54.3 cm³/mol. The summed E-state index contributed by atoms with van der Waals surface area (Å²) in [5.74, 6) is 1.33. The first-order chi connectivity index (χ1) is 6.77. The maximum Gasteiger partial charge on any atom is 0.137 e. The van der Waals surface area contributed by atoms with E-state index in [-0.39, 0.29) is 0 Å². The Kier molecular flexibility index (Phi) is 2.31. The first kappa shape index (κ1) is 8.94. The Bertz CT molecular complexity index is 403. The van der Waals surface area contributed by atoms with E-state index in [0.717, 1.165) is 11.5 Å². The molecule has 0 saturated carbocycles. The van der Waals surface area contributed by atoms with E-state index in [1.165, 1.54) is 0 Å². The zero-order valence-corrected chi connectivity index (χ0v) is 8.31. The highest BCUT2D eigenvalue weighted by molar-refractivity contribution is 5.22. The monoisotopic (exact) mass is 186 g/mol. The summed E-state index contributed by atoms with van der Waals surface area (Å²) in [5, 5.41) is 0. The minimum absolute atomic E-state index is 0.450. The molecule has 0 amide bonds. The Balaban J connectivity index is 2.34. The van der Waals surface area contributed by atoms with Crippen LogP contribution in [0, 0.1) is 6.07 Å². The Morgan fingerprint density at radius 3 is 2.79 bits per heavy atom. The van der Waals surface area contributed by atoms with Gasteiger partial charge in [-0.25, -0.2) is 9.97 Å². The summed E-state index contributed by atoms with van der Waals surface area (Å²) in [6, 6.07) is 6.64. The van der Waals surface area contributed by atoms with Gasteiger partial charge in [0.25, 0.3) is 0 Å². The van der Waals surface area contributed by atoms with Crippen LogP contribution in [0.25, 0.3) is 5.82 Å². The van der Waals surface area contributed by atoms with Crippen molar-refractivity contribution >= 4 is 0 Å². The van der Waals surface area contributed by atoms with E-state index in [0.29, 0.717) is 5.92 Å². The Labute approximate surface area is 83.4 Å². The molecule has 2 rings (SSSR count). The molecule has 0 spiro atoms. The van der Waals surface area contributed by atoms with Crippen LogP contribution in [0.2, 0.25) is 0 Å². The van der Waals surface area contributed by atoms with Gasteiger partial charge in [-0.2, -0.15) is 0 Å². The van der Waals surface area contributed by atoms with Gasteiger partial charge in [-0.15, -0.1) is 0 Å². The largest absolute Gasteiger partial charge is 0.290 e. The van der Waals surface area contributed by atoms with Crippen molar-refractivity contribution in [1.82, 2.24) is 14.5 Å². The van der Waals surface area contributed by atoms with Crippen LogP contribution in [0.5, 0.6) is 0 Å². The summed E-state index contributed by atoms with van der Waals surface area (Å²) in [4.78, 5) is 8.49. The second kappa shape index (κ2) is 3.62. The van der Waals surface area contributed by atoms with Crippen LogP contribution in [0.1, 0.15) is 25.5 Å². The predicted octanol–water partition coefficient (Wildman–Crippen LogP) is 2.19. The third-order valence-electron chi connectivity index (χ3n) is 2.06. The van der Waals surface area contributed by atoms with Crippen molar-refractivity contribution in [3.8, 4) is 5.82 Å². The highest BCUT2D eigenvalue weighted by Crippen LogP contribution is 2.12. The fourth-order valence-electron chi connectivity index (χ4n) is 1.23. The van der Waals surface area contributed by atoms with Crippen molar-refractivity contribution in [1.29, 1.82) is 0 Å². The van der Waals surface area contributed by atoms with Gasteiger partial charge >= 0.3 is 0 Å². The van der Waals surface area contributed by atoms with Crippen LogP contribution < -0.4 is 0 Å². The molecule has 3 heteroatoms. The van der Waals surface area contributed by atoms with Crippen molar-refractivity contribution in [3.05, 3.63) is 42.6 Å². The van der Waals surface area contributed by atoms with Gasteiger partial charge in [-0.3, -0.25) is 4.57 Å². The Hall–Kier alpha value is -1.64. The van der Waals surface area contributed by atoms with Gasteiger partial charge in [0.15, 0.2) is 0 Å². The van der Waals surface area contributed by atoms with Gasteiger partial charge in [-0.05, 0) is 18.1 Å². The third-order valence-corrected chi connectivity index (χ3v) is 2.06. The lowest BCUT2D eigenvalue weighted by atomic mass is 10.2. The van der Waals surface area contributed by atoms with Gasteiger partial charge in [0.05, 0.1) is 5.69 Å². The van der Waals surface area contributed by atoms with Crippen LogP contribution >= 0.6 is 0 Å². The van der Waals surface area contributed by atoms with E-state index in [4.69, 9.17) is 0 Å². The minimum atomic E-state index is 0.450. The summed E-state index contributed by atoms with van der Waals surface area (Å²) in [6.07, 6.45) is 5.45. The maximum absolute atomic E-state index is 4.30. The molecule has 0 bridgehead atoms. The summed E-state index contributed by atoms with van der Waals surface area (Å²) >= 11 is 0. The fourth-order valence-corrected chi connectivity index (χ4v) is 1.23. The molecule has 71 valence electrons.